The summed E-state index contributed by atoms with van der Waals surface area (Å²) < 4.78 is 5.93. The average Bonchev–Trinajstić information content (AvgIpc) is 2.30. The molecule has 3 aliphatic heterocycles. The lowest BCUT2D eigenvalue weighted by molar-refractivity contribution is 0.417. The van der Waals surface area contributed by atoms with Crippen LogP contribution in [-0.4, -0.2) is 15.4 Å². The molecule has 0 unspecified atom stereocenters. The molecule has 0 saturated heterocycles. The fraction of sp³-hybridized carbons (Fsp3) is 0.0769. The maximum Gasteiger partial charge on any atom is 0.287 e. The highest BCUT2D eigenvalue weighted by molar-refractivity contribution is 6.95. The molecule has 1 nitrogen and oxygen atoms in total. The largest absolute Gasteiger partial charge is 0.408 e. The Balaban J connectivity index is 2.31. The van der Waals surface area contributed by atoms with Gasteiger partial charge in [-0.05, 0) is 15.6 Å². The molecule has 0 fully saturated rings. The minimum atomic E-state index is -2.00. The van der Waals surface area contributed by atoms with E-state index in [1.165, 1.54) is 15.6 Å². The van der Waals surface area contributed by atoms with E-state index in [0.29, 0.717) is 0 Å². The van der Waals surface area contributed by atoms with Gasteiger partial charge < -0.3 is 4.43 Å². The molecule has 3 rings (SSSR count). The lowest BCUT2D eigenvalue weighted by atomic mass is 10.3. The first kappa shape index (κ1) is 8.89. The summed E-state index contributed by atoms with van der Waals surface area (Å²) in [6, 6.07) is 0. The predicted molar refractivity (Wildman–Crippen MR) is 64.4 cm³/mol. The zero-order valence-electron chi connectivity index (χ0n) is 8.60. The molecule has 0 N–H and O–H groups in total. The van der Waals surface area contributed by atoms with Crippen LogP contribution in [0.1, 0.15) is 0 Å². The highest BCUT2D eigenvalue weighted by Crippen LogP contribution is 2.40. The molecule has 0 amide bonds. The summed E-state index contributed by atoms with van der Waals surface area (Å²) in [4.78, 5) is 0. The molecular weight excluding hydrogens is 200 g/mol. The number of hydrogen-bond donors (Lipinski definition) is 0. The van der Waals surface area contributed by atoms with Gasteiger partial charge in [-0.25, -0.2) is 0 Å². The molecule has 74 valence electrons. The van der Waals surface area contributed by atoms with Crippen LogP contribution in [0.3, 0.4) is 0 Å². The van der Waals surface area contributed by atoms with E-state index in [0.717, 1.165) is 0 Å². The lowest BCUT2D eigenvalue weighted by Gasteiger charge is -2.38. The molecule has 0 atom stereocenters. The van der Waals surface area contributed by atoms with Gasteiger partial charge in [0.25, 0.3) is 8.32 Å². The first-order chi connectivity index (χ1) is 7.38. The number of allylic oxidation sites excluding steroid dienone is 12. The van der Waals surface area contributed by atoms with Crippen molar-refractivity contribution in [2.24, 2.45) is 0 Å². The molecule has 0 aromatic carbocycles. The van der Waals surface area contributed by atoms with Crippen molar-refractivity contribution in [3.05, 3.63) is 70.3 Å². The molecule has 0 bridgehead atoms. The van der Waals surface area contributed by atoms with Gasteiger partial charge in [0.15, 0.2) is 0 Å². The van der Waals surface area contributed by atoms with Crippen LogP contribution >= 0.6 is 0 Å². The third-order valence-electron chi connectivity index (χ3n) is 3.18. The number of rotatable bonds is 1. The molecule has 2 heteroatoms. The van der Waals surface area contributed by atoms with Crippen LogP contribution in [0.5, 0.6) is 0 Å². The quantitative estimate of drug-likeness (QED) is 0.607. The molecule has 0 saturated carbocycles. The van der Waals surface area contributed by atoms with E-state index in [1.54, 1.807) is 0 Å². The molecule has 0 aromatic rings. The zero-order chi connectivity index (χ0) is 10.3. The summed E-state index contributed by atoms with van der Waals surface area (Å²) in [5, 5.41) is 4.04. The van der Waals surface area contributed by atoms with Crippen LogP contribution < -0.4 is 0 Å². The van der Waals surface area contributed by atoms with E-state index in [4.69, 9.17) is 4.43 Å². The van der Waals surface area contributed by atoms with Crippen molar-refractivity contribution in [2.75, 3.05) is 7.11 Å². The first-order valence-electron chi connectivity index (χ1n) is 5.09. The van der Waals surface area contributed by atoms with Gasteiger partial charge in [-0.15, -0.1) is 0 Å². The molecule has 15 heavy (non-hydrogen) atoms. The van der Waals surface area contributed by atoms with Crippen molar-refractivity contribution >= 4 is 8.32 Å². The second kappa shape index (κ2) is 3.05. The van der Waals surface area contributed by atoms with E-state index in [-0.39, 0.29) is 0 Å². The molecule has 3 aliphatic rings. The molecular formula is C13H12OSi. The fourth-order valence-electron chi connectivity index (χ4n) is 2.49. The number of hydrogen-bond acceptors (Lipinski definition) is 1. The standard InChI is InChI=1S/C13H12OSi/c1-14-15-11-5-2-6-12(15)8-4-10-13(15)9-3-7-11/h2-10H,1H3. The van der Waals surface area contributed by atoms with Gasteiger partial charge in [0.05, 0.1) is 0 Å². The van der Waals surface area contributed by atoms with Gasteiger partial charge in [0.1, 0.15) is 0 Å². The van der Waals surface area contributed by atoms with Gasteiger partial charge in [0.2, 0.25) is 0 Å². The van der Waals surface area contributed by atoms with Gasteiger partial charge >= 0.3 is 0 Å². The van der Waals surface area contributed by atoms with E-state index in [9.17, 15) is 0 Å². The monoisotopic (exact) mass is 212 g/mol. The van der Waals surface area contributed by atoms with Gasteiger partial charge in [-0.2, -0.15) is 0 Å². The van der Waals surface area contributed by atoms with Crippen molar-refractivity contribution in [2.45, 2.75) is 0 Å². The maximum absolute atomic E-state index is 5.93. The SMILES string of the molecule is CO[Si]12C3=CC=CC1=CC=CC2=CC=C3. The predicted octanol–water partition coefficient (Wildman–Crippen LogP) is 2.68. The summed E-state index contributed by atoms with van der Waals surface area (Å²) in [5.74, 6) is 0. The summed E-state index contributed by atoms with van der Waals surface area (Å²) in [6.07, 6.45) is 19.4. The van der Waals surface area contributed by atoms with E-state index >= 15 is 0 Å². The van der Waals surface area contributed by atoms with E-state index < -0.39 is 8.32 Å². The first-order valence-corrected chi connectivity index (χ1v) is 7.00. The van der Waals surface area contributed by atoms with Gasteiger partial charge in [-0.3, -0.25) is 0 Å². The Kier molecular flexibility index (Phi) is 1.81. The molecule has 3 heterocycles. The minimum absolute atomic E-state index is 1.35. The van der Waals surface area contributed by atoms with Crippen molar-refractivity contribution in [1.29, 1.82) is 0 Å². The highest BCUT2D eigenvalue weighted by Gasteiger charge is 2.46. The van der Waals surface area contributed by atoms with Crippen molar-refractivity contribution in [3.63, 3.8) is 0 Å². The lowest BCUT2D eigenvalue weighted by Crippen LogP contribution is -2.46. The molecule has 0 aliphatic carbocycles. The zero-order valence-corrected chi connectivity index (χ0v) is 9.60. The maximum atomic E-state index is 5.93. The summed E-state index contributed by atoms with van der Waals surface area (Å²) in [7, 11) is -0.164. The van der Waals surface area contributed by atoms with Crippen molar-refractivity contribution < 1.29 is 4.43 Å². The minimum Gasteiger partial charge on any atom is -0.408 e. The van der Waals surface area contributed by atoms with Crippen LogP contribution in [0.4, 0.5) is 0 Å². The topological polar surface area (TPSA) is 9.23 Å². The fourth-order valence-corrected chi connectivity index (χ4v) is 6.18. The third kappa shape index (κ3) is 1.01. The molecule has 0 aromatic heterocycles. The summed E-state index contributed by atoms with van der Waals surface area (Å²) >= 11 is 0. The van der Waals surface area contributed by atoms with E-state index in [1.807, 2.05) is 7.11 Å². The Labute approximate surface area is 90.6 Å². The van der Waals surface area contributed by atoms with Gasteiger partial charge in [0, 0.05) is 7.11 Å². The van der Waals surface area contributed by atoms with Crippen LogP contribution in [0, 0.1) is 0 Å². The molecule has 0 radical (unpaired) electrons. The van der Waals surface area contributed by atoms with Crippen LogP contribution in [0.2, 0.25) is 0 Å². The van der Waals surface area contributed by atoms with Crippen molar-refractivity contribution in [1.82, 2.24) is 0 Å². The highest BCUT2D eigenvalue weighted by atomic mass is 28.4. The Morgan fingerprint density at radius 2 is 1.20 bits per heavy atom. The molecule has 0 spiro atoms. The summed E-state index contributed by atoms with van der Waals surface area (Å²) in [6.45, 7) is 0. The van der Waals surface area contributed by atoms with Crippen LogP contribution in [-0.2, 0) is 4.43 Å². The smallest absolute Gasteiger partial charge is 0.287 e. The summed E-state index contributed by atoms with van der Waals surface area (Å²) in [5.41, 5.74) is 0. The van der Waals surface area contributed by atoms with Crippen LogP contribution in [0.25, 0.3) is 0 Å². The van der Waals surface area contributed by atoms with E-state index in [2.05, 4.69) is 54.7 Å². The Morgan fingerprint density at radius 3 is 1.53 bits per heavy atom. The Bertz CT molecular complexity index is 417. The Morgan fingerprint density at radius 1 is 0.800 bits per heavy atom. The van der Waals surface area contributed by atoms with Gasteiger partial charge in [-0.1, -0.05) is 54.7 Å². The third-order valence-corrected chi connectivity index (χ3v) is 7.23. The second-order valence-corrected chi connectivity index (χ2v) is 7.33. The van der Waals surface area contributed by atoms with Crippen molar-refractivity contribution in [3.8, 4) is 0 Å². The normalized spacial score (nSPS) is 24.2. The van der Waals surface area contributed by atoms with Crippen LogP contribution in [0.15, 0.2) is 70.3 Å². The second-order valence-electron chi connectivity index (χ2n) is 3.83. The Hall–Kier alpha value is -1.38. The average molecular weight is 212 g/mol.